The van der Waals surface area contributed by atoms with Crippen LogP contribution >= 0.6 is 0 Å². The fourth-order valence-electron chi connectivity index (χ4n) is 2.70. The van der Waals surface area contributed by atoms with Gasteiger partial charge in [-0.05, 0) is 56.7 Å². The molecule has 3 heteroatoms. The Balaban J connectivity index is 2.30. The van der Waals surface area contributed by atoms with Crippen LogP contribution in [0.5, 0.6) is 0 Å². The van der Waals surface area contributed by atoms with Gasteiger partial charge in [-0.3, -0.25) is 4.79 Å². The van der Waals surface area contributed by atoms with Crippen molar-refractivity contribution in [2.75, 3.05) is 19.6 Å². The molecule has 0 saturated carbocycles. The van der Waals surface area contributed by atoms with Gasteiger partial charge in [0, 0.05) is 6.42 Å². The first-order valence-electron chi connectivity index (χ1n) is 6.84. The third-order valence-electron chi connectivity index (χ3n) is 3.91. The maximum absolute atomic E-state index is 10.5. The predicted octanol–water partition coefficient (Wildman–Crippen LogP) is 3.00. The Labute approximate surface area is 105 Å². The van der Waals surface area contributed by atoms with Crippen molar-refractivity contribution in [2.45, 2.75) is 52.9 Å². The Morgan fingerprint density at radius 2 is 2.00 bits per heavy atom. The number of likely N-dealkylation sites (tertiary alicyclic amines) is 1. The lowest BCUT2D eigenvalue weighted by atomic mass is 9.77. The van der Waals surface area contributed by atoms with E-state index in [9.17, 15) is 4.79 Å². The molecule has 0 radical (unpaired) electrons. The normalized spacial score (nSPS) is 23.4. The summed E-state index contributed by atoms with van der Waals surface area (Å²) in [6.07, 6.45) is 4.93. The topological polar surface area (TPSA) is 40.5 Å². The number of hydrogen-bond donors (Lipinski definition) is 1. The Kier molecular flexibility index (Phi) is 5.44. The predicted molar refractivity (Wildman–Crippen MR) is 70.1 cm³/mol. The molecule has 0 aromatic carbocycles. The largest absolute Gasteiger partial charge is 0.481 e. The zero-order chi connectivity index (χ0) is 12.9. The van der Waals surface area contributed by atoms with Crippen LogP contribution in [0.3, 0.4) is 0 Å². The van der Waals surface area contributed by atoms with Crippen LogP contribution in [0.1, 0.15) is 52.9 Å². The van der Waals surface area contributed by atoms with Crippen molar-refractivity contribution in [2.24, 2.45) is 11.3 Å². The van der Waals surface area contributed by atoms with Gasteiger partial charge < -0.3 is 10.0 Å². The first kappa shape index (κ1) is 14.5. The Hall–Kier alpha value is -0.570. The fraction of sp³-hybridized carbons (Fsp3) is 0.929. The second-order valence-electron chi connectivity index (χ2n) is 6.33. The Morgan fingerprint density at radius 3 is 2.59 bits per heavy atom. The molecular weight excluding hydrogens is 214 g/mol. The average Bonchev–Trinajstić information content (AvgIpc) is 2.41. The zero-order valence-electron chi connectivity index (χ0n) is 11.5. The molecule has 1 heterocycles. The van der Waals surface area contributed by atoms with Gasteiger partial charge in [-0.2, -0.15) is 0 Å². The van der Waals surface area contributed by atoms with Gasteiger partial charge in [-0.1, -0.05) is 20.8 Å². The van der Waals surface area contributed by atoms with Crippen molar-refractivity contribution in [3.05, 3.63) is 0 Å². The fourth-order valence-corrected chi connectivity index (χ4v) is 2.70. The van der Waals surface area contributed by atoms with Crippen molar-refractivity contribution >= 4 is 5.97 Å². The highest BCUT2D eigenvalue weighted by Gasteiger charge is 2.26. The molecule has 0 aromatic heterocycles. The number of aliphatic carboxylic acids is 1. The molecule has 3 nitrogen and oxygen atoms in total. The van der Waals surface area contributed by atoms with Crippen LogP contribution in [0.25, 0.3) is 0 Å². The Morgan fingerprint density at radius 1 is 1.29 bits per heavy atom. The molecule has 0 amide bonds. The lowest BCUT2D eigenvalue weighted by Gasteiger charge is -2.29. The number of rotatable bonds is 4. The minimum atomic E-state index is -0.674. The average molecular weight is 241 g/mol. The summed E-state index contributed by atoms with van der Waals surface area (Å²) in [5.41, 5.74) is 0.414. The summed E-state index contributed by atoms with van der Waals surface area (Å²) in [5.74, 6) is 0.138. The molecule has 1 fully saturated rings. The van der Waals surface area contributed by atoms with Crippen LogP contribution in [0.2, 0.25) is 0 Å². The van der Waals surface area contributed by atoms with Crippen molar-refractivity contribution in [3.63, 3.8) is 0 Å². The van der Waals surface area contributed by atoms with Crippen molar-refractivity contribution in [1.82, 2.24) is 4.90 Å². The van der Waals surface area contributed by atoms with Crippen molar-refractivity contribution < 1.29 is 9.90 Å². The summed E-state index contributed by atoms with van der Waals surface area (Å²) in [6, 6.07) is 0. The molecule has 1 atom stereocenters. The van der Waals surface area contributed by atoms with Gasteiger partial charge in [-0.15, -0.1) is 0 Å². The zero-order valence-corrected chi connectivity index (χ0v) is 11.5. The first-order valence-corrected chi connectivity index (χ1v) is 6.84. The maximum Gasteiger partial charge on any atom is 0.303 e. The minimum Gasteiger partial charge on any atom is -0.481 e. The molecule has 1 aliphatic heterocycles. The molecule has 1 aliphatic rings. The molecule has 0 bridgehead atoms. The van der Waals surface area contributed by atoms with Crippen molar-refractivity contribution in [3.8, 4) is 0 Å². The van der Waals surface area contributed by atoms with E-state index >= 15 is 0 Å². The van der Waals surface area contributed by atoms with Gasteiger partial charge in [0.15, 0.2) is 0 Å². The minimum absolute atomic E-state index is 0.305. The first-order chi connectivity index (χ1) is 7.89. The Bertz CT molecular complexity index is 245. The standard InChI is InChI=1S/C14H27NO2/c1-14(2,3)12-6-4-9-15(11-8-12)10-5-7-13(16)17/h12H,4-11H2,1-3H3,(H,16,17). The second kappa shape index (κ2) is 6.39. The van der Waals surface area contributed by atoms with E-state index in [0.717, 1.165) is 32.0 Å². The molecule has 1 N–H and O–H groups in total. The van der Waals surface area contributed by atoms with E-state index in [4.69, 9.17) is 5.11 Å². The van der Waals surface area contributed by atoms with E-state index in [2.05, 4.69) is 25.7 Å². The summed E-state index contributed by atoms with van der Waals surface area (Å²) in [6.45, 7) is 10.2. The van der Waals surface area contributed by atoms with Crippen LogP contribution in [0, 0.1) is 11.3 Å². The second-order valence-corrected chi connectivity index (χ2v) is 6.33. The summed E-state index contributed by atoms with van der Waals surface area (Å²) in [5, 5.41) is 8.63. The van der Waals surface area contributed by atoms with E-state index < -0.39 is 5.97 Å². The van der Waals surface area contributed by atoms with Gasteiger partial charge in [0.25, 0.3) is 0 Å². The monoisotopic (exact) mass is 241 g/mol. The third kappa shape index (κ3) is 5.53. The van der Waals surface area contributed by atoms with Crippen LogP contribution in [-0.4, -0.2) is 35.6 Å². The van der Waals surface area contributed by atoms with Crippen LogP contribution in [0.15, 0.2) is 0 Å². The lowest BCUT2D eigenvalue weighted by molar-refractivity contribution is -0.137. The number of carboxylic acids is 1. The SMILES string of the molecule is CC(C)(C)C1CCCN(CCCC(=O)O)CC1. The number of hydrogen-bond acceptors (Lipinski definition) is 2. The molecule has 1 unspecified atom stereocenters. The van der Waals surface area contributed by atoms with Gasteiger partial charge in [0.1, 0.15) is 0 Å². The van der Waals surface area contributed by atoms with Gasteiger partial charge in [0.2, 0.25) is 0 Å². The molecule has 100 valence electrons. The van der Waals surface area contributed by atoms with Gasteiger partial charge in [0.05, 0.1) is 0 Å². The number of nitrogens with zero attached hydrogens (tertiary/aromatic N) is 1. The van der Waals surface area contributed by atoms with E-state index in [1.54, 1.807) is 0 Å². The highest BCUT2D eigenvalue weighted by molar-refractivity contribution is 5.66. The summed E-state index contributed by atoms with van der Waals surface area (Å²) in [7, 11) is 0. The molecule has 0 aromatic rings. The van der Waals surface area contributed by atoms with Crippen LogP contribution in [0.4, 0.5) is 0 Å². The smallest absolute Gasteiger partial charge is 0.303 e. The third-order valence-corrected chi connectivity index (χ3v) is 3.91. The van der Waals surface area contributed by atoms with Crippen LogP contribution < -0.4 is 0 Å². The highest BCUT2D eigenvalue weighted by Crippen LogP contribution is 2.34. The molecule has 1 saturated heterocycles. The molecule has 0 spiro atoms. The van der Waals surface area contributed by atoms with Crippen LogP contribution in [-0.2, 0) is 4.79 Å². The highest BCUT2D eigenvalue weighted by atomic mass is 16.4. The van der Waals surface area contributed by atoms with E-state index in [1.807, 2.05) is 0 Å². The molecule has 0 aliphatic carbocycles. The number of carbonyl (C=O) groups is 1. The molecular formula is C14H27NO2. The van der Waals surface area contributed by atoms with Gasteiger partial charge in [-0.25, -0.2) is 0 Å². The molecule has 17 heavy (non-hydrogen) atoms. The van der Waals surface area contributed by atoms with Crippen molar-refractivity contribution in [1.29, 1.82) is 0 Å². The quantitative estimate of drug-likeness (QED) is 0.822. The van der Waals surface area contributed by atoms with E-state index in [1.165, 1.54) is 19.3 Å². The maximum atomic E-state index is 10.5. The summed E-state index contributed by atoms with van der Waals surface area (Å²) < 4.78 is 0. The lowest BCUT2D eigenvalue weighted by Crippen LogP contribution is -2.27. The van der Waals surface area contributed by atoms with Gasteiger partial charge >= 0.3 is 5.97 Å². The summed E-state index contributed by atoms with van der Waals surface area (Å²) in [4.78, 5) is 12.9. The summed E-state index contributed by atoms with van der Waals surface area (Å²) >= 11 is 0. The van der Waals surface area contributed by atoms with E-state index in [0.29, 0.717) is 11.8 Å². The number of carboxylic acid groups (broad SMARTS) is 1. The molecule has 1 rings (SSSR count). The van der Waals surface area contributed by atoms with E-state index in [-0.39, 0.29) is 0 Å².